The van der Waals surface area contributed by atoms with Gasteiger partial charge in [-0.2, -0.15) is 0 Å². The second-order valence-electron chi connectivity index (χ2n) is 5.82. The third-order valence-corrected chi connectivity index (χ3v) is 3.34. The van der Waals surface area contributed by atoms with Crippen LogP contribution in [0.1, 0.15) is 44.5 Å². The smallest absolute Gasteiger partial charge is 0.410 e. The quantitative estimate of drug-likeness (QED) is 0.739. The Morgan fingerprint density at radius 2 is 2.16 bits per heavy atom. The first-order valence-electron chi connectivity index (χ1n) is 6.39. The highest BCUT2D eigenvalue weighted by Gasteiger charge is 2.32. The van der Waals surface area contributed by atoms with Crippen molar-refractivity contribution in [3.8, 4) is 0 Å². The molecule has 0 saturated carbocycles. The molecule has 2 rings (SSSR count). The summed E-state index contributed by atoms with van der Waals surface area (Å²) in [6, 6.07) is 3.72. The summed E-state index contributed by atoms with van der Waals surface area (Å²) in [6.45, 7) is 5.57. The van der Waals surface area contributed by atoms with Crippen molar-refractivity contribution in [3.05, 3.63) is 28.5 Å². The number of nitrogens with zero attached hydrogens (tertiary/aromatic N) is 2. The number of rotatable bonds is 1. The predicted octanol–water partition coefficient (Wildman–Crippen LogP) is 3.59. The van der Waals surface area contributed by atoms with Crippen molar-refractivity contribution in [2.75, 3.05) is 7.05 Å². The van der Waals surface area contributed by atoms with Crippen LogP contribution in [0.15, 0.2) is 12.1 Å². The molecule has 1 atom stereocenters. The zero-order valence-corrected chi connectivity index (χ0v) is 12.5. The summed E-state index contributed by atoms with van der Waals surface area (Å²) in [5, 5.41) is 0.461. The predicted molar refractivity (Wildman–Crippen MR) is 74.3 cm³/mol. The molecule has 0 unspecified atom stereocenters. The first kappa shape index (κ1) is 14.1. The highest BCUT2D eigenvalue weighted by atomic mass is 35.5. The van der Waals surface area contributed by atoms with E-state index >= 15 is 0 Å². The van der Waals surface area contributed by atoms with Crippen LogP contribution in [0.5, 0.6) is 0 Å². The molecule has 1 aromatic heterocycles. The van der Waals surface area contributed by atoms with Gasteiger partial charge >= 0.3 is 6.09 Å². The summed E-state index contributed by atoms with van der Waals surface area (Å²) in [5.41, 5.74) is 1.56. The number of hydrogen-bond acceptors (Lipinski definition) is 3. The van der Waals surface area contributed by atoms with Crippen molar-refractivity contribution in [3.63, 3.8) is 0 Å². The maximum atomic E-state index is 12.1. The van der Waals surface area contributed by atoms with Gasteiger partial charge in [0.05, 0.1) is 11.7 Å². The maximum absolute atomic E-state index is 12.1. The molecule has 5 heteroatoms. The minimum Gasteiger partial charge on any atom is -0.444 e. The molecule has 0 spiro atoms. The summed E-state index contributed by atoms with van der Waals surface area (Å²) < 4.78 is 5.38. The van der Waals surface area contributed by atoms with Gasteiger partial charge in [-0.1, -0.05) is 17.7 Å². The van der Waals surface area contributed by atoms with Crippen molar-refractivity contribution >= 4 is 17.7 Å². The van der Waals surface area contributed by atoms with Gasteiger partial charge in [0.2, 0.25) is 0 Å². The molecule has 0 N–H and O–H groups in total. The molecule has 1 aliphatic rings. The molecular weight excluding hydrogens is 264 g/mol. The summed E-state index contributed by atoms with van der Waals surface area (Å²) >= 11 is 5.93. The lowest BCUT2D eigenvalue weighted by molar-refractivity contribution is 0.0217. The van der Waals surface area contributed by atoms with Crippen LogP contribution in [0.2, 0.25) is 5.15 Å². The van der Waals surface area contributed by atoms with Gasteiger partial charge in [-0.15, -0.1) is 0 Å². The topological polar surface area (TPSA) is 42.4 Å². The molecule has 0 bridgehead atoms. The van der Waals surface area contributed by atoms with Crippen LogP contribution in [0.4, 0.5) is 4.79 Å². The molecule has 0 radical (unpaired) electrons. The van der Waals surface area contributed by atoms with Crippen LogP contribution in [-0.4, -0.2) is 28.6 Å². The van der Waals surface area contributed by atoms with Crippen molar-refractivity contribution in [1.82, 2.24) is 9.88 Å². The molecule has 1 amide bonds. The van der Waals surface area contributed by atoms with Gasteiger partial charge in [0.1, 0.15) is 10.8 Å². The van der Waals surface area contributed by atoms with Crippen molar-refractivity contribution < 1.29 is 9.53 Å². The third kappa shape index (κ3) is 3.18. The van der Waals surface area contributed by atoms with E-state index in [1.54, 1.807) is 18.0 Å². The van der Waals surface area contributed by atoms with Gasteiger partial charge in [-0.3, -0.25) is 0 Å². The van der Waals surface area contributed by atoms with Gasteiger partial charge in [-0.25, -0.2) is 9.78 Å². The number of carbonyl (C=O) groups is 1. The molecule has 104 valence electrons. The zero-order chi connectivity index (χ0) is 14.2. The van der Waals surface area contributed by atoms with E-state index in [1.165, 1.54) is 0 Å². The van der Waals surface area contributed by atoms with E-state index < -0.39 is 5.60 Å². The summed E-state index contributed by atoms with van der Waals surface area (Å²) in [6.07, 6.45) is 1.45. The average molecular weight is 283 g/mol. The monoisotopic (exact) mass is 282 g/mol. The number of carbonyl (C=O) groups excluding carboxylic acids is 1. The summed E-state index contributed by atoms with van der Waals surface area (Å²) in [5.74, 6) is 0. The normalized spacial score (nSPS) is 18.1. The van der Waals surface area contributed by atoms with Crippen LogP contribution < -0.4 is 0 Å². The van der Waals surface area contributed by atoms with E-state index in [2.05, 4.69) is 4.98 Å². The van der Waals surface area contributed by atoms with E-state index in [0.717, 1.165) is 24.1 Å². The minimum absolute atomic E-state index is 0.0523. The number of pyridine rings is 1. The van der Waals surface area contributed by atoms with Crippen LogP contribution >= 0.6 is 11.6 Å². The van der Waals surface area contributed by atoms with Crippen molar-refractivity contribution in [2.24, 2.45) is 0 Å². The summed E-state index contributed by atoms with van der Waals surface area (Å²) in [7, 11) is 1.75. The number of hydrogen-bond donors (Lipinski definition) is 0. The molecule has 0 fully saturated rings. The van der Waals surface area contributed by atoms with Crippen LogP contribution in [0.3, 0.4) is 0 Å². The summed E-state index contributed by atoms with van der Waals surface area (Å²) in [4.78, 5) is 18.0. The Kier molecular flexibility index (Phi) is 3.72. The molecule has 1 aliphatic carbocycles. The number of ether oxygens (including phenoxy) is 1. The fraction of sp³-hybridized carbons (Fsp3) is 0.571. The van der Waals surface area contributed by atoms with Gasteiger partial charge in [0, 0.05) is 7.05 Å². The standard InChI is InChI=1S/C14H19ClN2O2/c1-14(2,3)19-13(18)17(4)10-7-5-9-6-8-11(15)16-12(9)10/h6,8,10H,5,7H2,1-4H3/t10-/m1/s1. The molecular formula is C14H19ClN2O2. The Labute approximate surface area is 118 Å². The Hall–Kier alpha value is -1.29. The number of fused-ring (bicyclic) bond motifs is 1. The number of amides is 1. The largest absolute Gasteiger partial charge is 0.444 e. The Balaban J connectivity index is 2.17. The Morgan fingerprint density at radius 3 is 2.79 bits per heavy atom. The van der Waals surface area contributed by atoms with Gasteiger partial charge in [-0.05, 0) is 45.2 Å². The molecule has 0 saturated heterocycles. The van der Waals surface area contributed by atoms with E-state index in [9.17, 15) is 4.79 Å². The first-order valence-corrected chi connectivity index (χ1v) is 6.77. The number of halogens is 1. The van der Waals surface area contributed by atoms with E-state index in [0.29, 0.717) is 5.15 Å². The Morgan fingerprint density at radius 1 is 1.47 bits per heavy atom. The second kappa shape index (κ2) is 5.00. The molecule has 1 aromatic rings. The van der Waals surface area contributed by atoms with E-state index in [4.69, 9.17) is 16.3 Å². The average Bonchev–Trinajstić information content (AvgIpc) is 2.68. The SMILES string of the molecule is CN(C(=O)OC(C)(C)C)[C@@H]1CCc2ccc(Cl)nc21. The van der Waals surface area contributed by atoms with E-state index in [-0.39, 0.29) is 12.1 Å². The lowest BCUT2D eigenvalue weighted by Crippen LogP contribution is -2.36. The fourth-order valence-electron chi connectivity index (χ4n) is 2.25. The van der Waals surface area contributed by atoms with Crippen LogP contribution in [0.25, 0.3) is 0 Å². The lowest BCUT2D eigenvalue weighted by atomic mass is 10.2. The van der Waals surface area contributed by atoms with Crippen molar-refractivity contribution in [1.29, 1.82) is 0 Å². The Bertz CT molecular complexity index is 497. The van der Waals surface area contributed by atoms with Gasteiger partial charge in [0.15, 0.2) is 0 Å². The van der Waals surface area contributed by atoms with Crippen LogP contribution in [-0.2, 0) is 11.2 Å². The lowest BCUT2D eigenvalue weighted by Gasteiger charge is -2.28. The molecule has 19 heavy (non-hydrogen) atoms. The van der Waals surface area contributed by atoms with Crippen LogP contribution in [0, 0.1) is 0 Å². The highest BCUT2D eigenvalue weighted by Crippen LogP contribution is 2.35. The second-order valence-corrected chi connectivity index (χ2v) is 6.21. The van der Waals surface area contributed by atoms with Crippen molar-refractivity contribution in [2.45, 2.75) is 45.3 Å². The van der Waals surface area contributed by atoms with E-state index in [1.807, 2.05) is 26.8 Å². The zero-order valence-electron chi connectivity index (χ0n) is 11.7. The van der Waals surface area contributed by atoms with Gasteiger partial charge in [0.25, 0.3) is 0 Å². The fourth-order valence-corrected chi connectivity index (χ4v) is 2.40. The molecule has 1 heterocycles. The number of aryl methyl sites for hydroxylation is 1. The molecule has 4 nitrogen and oxygen atoms in total. The van der Waals surface area contributed by atoms with Gasteiger partial charge < -0.3 is 9.64 Å². The molecule has 0 aliphatic heterocycles. The molecule has 0 aromatic carbocycles. The maximum Gasteiger partial charge on any atom is 0.410 e. The third-order valence-electron chi connectivity index (χ3n) is 3.13. The number of aromatic nitrogens is 1. The highest BCUT2D eigenvalue weighted by molar-refractivity contribution is 6.29. The first-order chi connectivity index (χ1) is 8.78. The minimum atomic E-state index is -0.492.